The molecule has 0 bridgehead atoms. The Morgan fingerprint density at radius 3 is 2.28 bits per heavy atom. The van der Waals surface area contributed by atoms with E-state index in [2.05, 4.69) is 31.0 Å². The molecule has 1 rings (SSSR count). The molecular formula is C20H32N2O3. The minimum atomic E-state index is -0.317. The number of hydrogen-bond acceptors (Lipinski definition) is 4. The SMILES string of the molecule is CCCCOC(=O)c1ccc(NC(=O)CCCCN(CC)CC)cc1. The standard InChI is InChI=1S/C20H32N2O3/c1-4-7-16-25-20(24)17-11-13-18(14-12-17)21-19(23)10-8-9-15-22(5-2)6-3/h11-14H,4-10,15-16H2,1-3H3,(H,21,23). The largest absolute Gasteiger partial charge is 0.462 e. The molecule has 0 saturated heterocycles. The fourth-order valence-corrected chi connectivity index (χ4v) is 2.47. The lowest BCUT2D eigenvalue weighted by molar-refractivity contribution is -0.116. The van der Waals surface area contributed by atoms with E-state index < -0.39 is 0 Å². The molecule has 0 aromatic heterocycles. The van der Waals surface area contributed by atoms with Gasteiger partial charge in [-0.3, -0.25) is 4.79 Å². The summed E-state index contributed by atoms with van der Waals surface area (Å²) in [6.45, 7) is 9.94. The zero-order chi connectivity index (χ0) is 18.5. The Kier molecular flexibility index (Phi) is 10.6. The van der Waals surface area contributed by atoms with Crippen molar-refractivity contribution in [1.29, 1.82) is 0 Å². The lowest BCUT2D eigenvalue weighted by atomic mass is 10.2. The highest BCUT2D eigenvalue weighted by Crippen LogP contribution is 2.12. The van der Waals surface area contributed by atoms with Gasteiger partial charge in [0, 0.05) is 12.1 Å². The van der Waals surface area contributed by atoms with Gasteiger partial charge in [-0.15, -0.1) is 0 Å². The molecule has 0 atom stereocenters. The molecule has 0 aliphatic carbocycles. The maximum absolute atomic E-state index is 12.0. The Morgan fingerprint density at radius 1 is 1.00 bits per heavy atom. The van der Waals surface area contributed by atoms with Crippen molar-refractivity contribution >= 4 is 17.6 Å². The quantitative estimate of drug-likeness (QED) is 0.456. The first kappa shape index (κ1) is 21.2. The highest BCUT2D eigenvalue weighted by atomic mass is 16.5. The van der Waals surface area contributed by atoms with Gasteiger partial charge in [0.05, 0.1) is 12.2 Å². The Balaban J connectivity index is 2.32. The van der Waals surface area contributed by atoms with Crippen LogP contribution in [-0.4, -0.2) is 43.0 Å². The molecule has 1 N–H and O–H groups in total. The van der Waals surface area contributed by atoms with Crippen LogP contribution in [0.3, 0.4) is 0 Å². The van der Waals surface area contributed by atoms with E-state index in [0.717, 1.165) is 45.3 Å². The molecule has 1 amide bonds. The van der Waals surface area contributed by atoms with Gasteiger partial charge in [0.15, 0.2) is 0 Å². The normalized spacial score (nSPS) is 10.7. The van der Waals surface area contributed by atoms with Crippen LogP contribution in [0.25, 0.3) is 0 Å². The van der Waals surface area contributed by atoms with Gasteiger partial charge in [0.2, 0.25) is 5.91 Å². The minimum Gasteiger partial charge on any atom is -0.462 e. The zero-order valence-electron chi connectivity index (χ0n) is 15.8. The van der Waals surface area contributed by atoms with Crippen LogP contribution in [0.5, 0.6) is 0 Å². The summed E-state index contributed by atoms with van der Waals surface area (Å²) in [6, 6.07) is 6.85. The molecule has 0 unspecified atom stereocenters. The maximum atomic E-state index is 12.0. The lowest BCUT2D eigenvalue weighted by Crippen LogP contribution is -2.24. The van der Waals surface area contributed by atoms with E-state index in [0.29, 0.717) is 24.3 Å². The number of nitrogens with zero attached hydrogens (tertiary/aromatic N) is 1. The lowest BCUT2D eigenvalue weighted by Gasteiger charge is -2.17. The number of amides is 1. The second kappa shape index (κ2) is 12.5. The molecule has 0 aliphatic rings. The van der Waals surface area contributed by atoms with E-state index in [-0.39, 0.29) is 11.9 Å². The van der Waals surface area contributed by atoms with Gasteiger partial charge < -0.3 is 15.0 Å². The van der Waals surface area contributed by atoms with Crippen LogP contribution < -0.4 is 5.32 Å². The van der Waals surface area contributed by atoms with Gasteiger partial charge >= 0.3 is 5.97 Å². The molecule has 1 aromatic rings. The van der Waals surface area contributed by atoms with Crippen molar-refractivity contribution in [2.45, 2.75) is 52.9 Å². The Labute approximate surface area is 151 Å². The number of benzene rings is 1. The molecule has 0 radical (unpaired) electrons. The topological polar surface area (TPSA) is 58.6 Å². The van der Waals surface area contributed by atoms with Crippen LogP contribution in [-0.2, 0) is 9.53 Å². The number of esters is 1. The average Bonchev–Trinajstić information content (AvgIpc) is 2.62. The van der Waals surface area contributed by atoms with E-state index in [1.54, 1.807) is 24.3 Å². The van der Waals surface area contributed by atoms with Crippen molar-refractivity contribution in [2.75, 3.05) is 31.6 Å². The minimum absolute atomic E-state index is 0.0119. The van der Waals surface area contributed by atoms with Crippen LogP contribution in [0, 0.1) is 0 Å². The molecule has 1 aromatic carbocycles. The highest BCUT2D eigenvalue weighted by Gasteiger charge is 2.08. The average molecular weight is 348 g/mol. The van der Waals surface area contributed by atoms with Gasteiger partial charge in [-0.25, -0.2) is 4.79 Å². The van der Waals surface area contributed by atoms with Crippen LogP contribution in [0.15, 0.2) is 24.3 Å². The molecular weight excluding hydrogens is 316 g/mol. The summed E-state index contributed by atoms with van der Waals surface area (Å²) in [7, 11) is 0. The summed E-state index contributed by atoms with van der Waals surface area (Å²) in [5, 5.41) is 2.87. The number of anilines is 1. The van der Waals surface area contributed by atoms with E-state index in [4.69, 9.17) is 4.74 Å². The van der Waals surface area contributed by atoms with Gasteiger partial charge in [-0.2, -0.15) is 0 Å². The van der Waals surface area contributed by atoms with Crippen LogP contribution in [0.2, 0.25) is 0 Å². The summed E-state index contributed by atoms with van der Waals surface area (Å²) in [6.07, 6.45) is 4.28. The van der Waals surface area contributed by atoms with E-state index in [1.807, 2.05) is 0 Å². The number of unbranched alkanes of at least 4 members (excludes halogenated alkanes) is 2. The van der Waals surface area contributed by atoms with Crippen LogP contribution in [0.1, 0.15) is 63.2 Å². The fraction of sp³-hybridized carbons (Fsp3) is 0.600. The van der Waals surface area contributed by atoms with Crippen molar-refractivity contribution in [3.05, 3.63) is 29.8 Å². The molecule has 5 heteroatoms. The summed E-state index contributed by atoms with van der Waals surface area (Å²) < 4.78 is 5.16. The fourth-order valence-electron chi connectivity index (χ4n) is 2.47. The molecule has 0 saturated carbocycles. The van der Waals surface area contributed by atoms with Crippen molar-refractivity contribution in [1.82, 2.24) is 4.90 Å². The number of ether oxygens (including phenoxy) is 1. The van der Waals surface area contributed by atoms with Crippen LogP contribution in [0.4, 0.5) is 5.69 Å². The Morgan fingerprint density at radius 2 is 1.68 bits per heavy atom. The summed E-state index contributed by atoms with van der Waals surface area (Å²) >= 11 is 0. The molecule has 0 fully saturated rings. The van der Waals surface area contributed by atoms with Crippen molar-refractivity contribution < 1.29 is 14.3 Å². The molecule has 0 spiro atoms. The zero-order valence-corrected chi connectivity index (χ0v) is 15.8. The number of carbonyl (C=O) groups excluding carboxylic acids is 2. The van der Waals surface area contributed by atoms with E-state index in [1.165, 1.54) is 0 Å². The first-order valence-electron chi connectivity index (χ1n) is 9.40. The number of hydrogen-bond donors (Lipinski definition) is 1. The predicted octanol–water partition coefficient (Wildman–Crippen LogP) is 4.09. The van der Waals surface area contributed by atoms with Gasteiger partial charge in [-0.05, 0) is 63.2 Å². The third-order valence-electron chi connectivity index (χ3n) is 4.16. The second-order valence-corrected chi connectivity index (χ2v) is 6.10. The molecule has 0 heterocycles. The molecule has 140 valence electrons. The molecule has 0 aliphatic heterocycles. The van der Waals surface area contributed by atoms with Crippen LogP contribution >= 0.6 is 0 Å². The third kappa shape index (κ3) is 8.68. The first-order valence-corrected chi connectivity index (χ1v) is 9.40. The van der Waals surface area contributed by atoms with Gasteiger partial charge in [0.1, 0.15) is 0 Å². The van der Waals surface area contributed by atoms with Gasteiger partial charge in [0.25, 0.3) is 0 Å². The van der Waals surface area contributed by atoms with E-state index in [9.17, 15) is 9.59 Å². The number of nitrogens with one attached hydrogen (secondary N) is 1. The summed E-state index contributed by atoms with van der Waals surface area (Å²) in [5.74, 6) is -0.305. The van der Waals surface area contributed by atoms with Gasteiger partial charge in [-0.1, -0.05) is 27.2 Å². The molecule has 25 heavy (non-hydrogen) atoms. The van der Waals surface area contributed by atoms with E-state index >= 15 is 0 Å². The highest BCUT2D eigenvalue weighted by molar-refractivity contribution is 5.93. The van der Waals surface area contributed by atoms with Crippen molar-refractivity contribution in [3.63, 3.8) is 0 Å². The second-order valence-electron chi connectivity index (χ2n) is 6.10. The molecule has 5 nitrogen and oxygen atoms in total. The number of rotatable bonds is 12. The maximum Gasteiger partial charge on any atom is 0.338 e. The van der Waals surface area contributed by atoms with Crippen molar-refractivity contribution in [3.8, 4) is 0 Å². The van der Waals surface area contributed by atoms with Crippen molar-refractivity contribution in [2.24, 2.45) is 0 Å². The number of carbonyl (C=O) groups is 2. The monoisotopic (exact) mass is 348 g/mol. The first-order chi connectivity index (χ1) is 12.1. The summed E-state index contributed by atoms with van der Waals surface area (Å²) in [5.41, 5.74) is 1.21. The smallest absolute Gasteiger partial charge is 0.338 e. The third-order valence-corrected chi connectivity index (χ3v) is 4.16. The Hall–Kier alpha value is -1.88. The summed E-state index contributed by atoms with van der Waals surface area (Å²) in [4.78, 5) is 26.1. The Bertz CT molecular complexity index is 510. The predicted molar refractivity (Wildman–Crippen MR) is 102 cm³/mol.